The predicted molar refractivity (Wildman–Crippen MR) is 151 cm³/mol. The van der Waals surface area contributed by atoms with Crippen molar-refractivity contribution < 1.29 is 27.4 Å². The molecule has 3 aromatic carbocycles. The van der Waals surface area contributed by atoms with Crippen molar-refractivity contribution in [2.75, 3.05) is 37.9 Å². The Morgan fingerprint density at radius 2 is 1.61 bits per heavy atom. The Kier molecular flexibility index (Phi) is 10.3. The molecule has 0 bridgehead atoms. The van der Waals surface area contributed by atoms with E-state index in [0.717, 1.165) is 14.8 Å². The van der Waals surface area contributed by atoms with E-state index in [1.807, 2.05) is 32.2 Å². The molecule has 0 spiro atoms. The molecule has 3 aromatic rings. The number of thioether (sulfide) groups is 1. The normalized spacial score (nSPS) is 11.9. The highest BCUT2D eigenvalue weighted by molar-refractivity contribution is 7.98. The van der Waals surface area contributed by atoms with Gasteiger partial charge in [-0.3, -0.25) is 9.10 Å². The molecule has 8 nitrogen and oxygen atoms in total. The van der Waals surface area contributed by atoms with Crippen LogP contribution in [0.15, 0.2) is 76.5 Å². The molecule has 0 saturated carbocycles. The third kappa shape index (κ3) is 6.93. The number of hydrogen-bond acceptors (Lipinski definition) is 7. The molecule has 1 N–H and O–H groups in total. The fourth-order valence-corrected chi connectivity index (χ4v) is 5.76. The van der Waals surface area contributed by atoms with Crippen molar-refractivity contribution in [2.45, 2.75) is 36.1 Å². The van der Waals surface area contributed by atoms with Crippen LogP contribution in [0.3, 0.4) is 0 Å². The average Bonchev–Trinajstić information content (AvgIpc) is 2.94. The van der Waals surface area contributed by atoms with E-state index >= 15 is 0 Å². The third-order valence-electron chi connectivity index (χ3n) is 5.92. The zero-order valence-electron chi connectivity index (χ0n) is 22.3. The highest BCUT2D eigenvalue weighted by Gasteiger charge is 2.28. The van der Waals surface area contributed by atoms with E-state index in [2.05, 4.69) is 5.32 Å². The quantitative estimate of drug-likeness (QED) is 0.285. The minimum Gasteiger partial charge on any atom is -0.494 e. The van der Waals surface area contributed by atoms with Crippen molar-refractivity contribution in [1.29, 1.82) is 0 Å². The number of carbonyl (C=O) groups excluding carboxylic acids is 1. The Labute approximate surface area is 229 Å². The van der Waals surface area contributed by atoms with Gasteiger partial charge in [0.05, 0.1) is 37.5 Å². The summed E-state index contributed by atoms with van der Waals surface area (Å²) in [5.74, 6) is 1.30. The van der Waals surface area contributed by atoms with Crippen LogP contribution in [0.5, 0.6) is 17.2 Å². The van der Waals surface area contributed by atoms with Crippen molar-refractivity contribution >= 4 is 33.4 Å². The van der Waals surface area contributed by atoms with E-state index in [0.29, 0.717) is 36.0 Å². The van der Waals surface area contributed by atoms with Gasteiger partial charge >= 0.3 is 0 Å². The van der Waals surface area contributed by atoms with Gasteiger partial charge in [-0.2, -0.15) is 0 Å². The van der Waals surface area contributed by atoms with Crippen LogP contribution < -0.4 is 23.8 Å². The number of carbonyl (C=O) groups is 1. The summed E-state index contributed by atoms with van der Waals surface area (Å²) in [7, 11) is -0.935. The van der Waals surface area contributed by atoms with E-state index in [1.54, 1.807) is 68.8 Å². The molecule has 1 amide bonds. The zero-order chi connectivity index (χ0) is 27.7. The first-order chi connectivity index (χ1) is 18.3. The van der Waals surface area contributed by atoms with Gasteiger partial charge in [0, 0.05) is 4.90 Å². The number of nitrogens with zero attached hydrogens (tertiary/aromatic N) is 1. The molecular weight excluding hydrogens is 524 g/mol. The van der Waals surface area contributed by atoms with Gasteiger partial charge < -0.3 is 19.5 Å². The van der Waals surface area contributed by atoms with Crippen molar-refractivity contribution in [3.63, 3.8) is 0 Å². The van der Waals surface area contributed by atoms with Crippen LogP contribution in [-0.4, -0.2) is 48.0 Å². The number of methoxy groups -OCH3 is 2. The summed E-state index contributed by atoms with van der Waals surface area (Å²) in [6.07, 6.45) is 2.51. The number of rotatable bonds is 13. The van der Waals surface area contributed by atoms with Crippen molar-refractivity contribution in [3.8, 4) is 17.2 Å². The fraction of sp³-hybridized carbons (Fsp3) is 0.321. The van der Waals surface area contributed by atoms with Crippen LogP contribution in [0.2, 0.25) is 0 Å². The number of ether oxygens (including phenoxy) is 3. The first-order valence-electron chi connectivity index (χ1n) is 12.2. The molecule has 38 heavy (non-hydrogen) atoms. The second kappa shape index (κ2) is 13.4. The highest BCUT2D eigenvalue weighted by atomic mass is 32.2. The third-order valence-corrected chi connectivity index (χ3v) is 8.46. The van der Waals surface area contributed by atoms with E-state index in [1.165, 1.54) is 11.8 Å². The largest absolute Gasteiger partial charge is 0.494 e. The number of amides is 1. The Morgan fingerprint density at radius 3 is 2.16 bits per heavy atom. The molecule has 0 heterocycles. The van der Waals surface area contributed by atoms with Gasteiger partial charge in [-0.15, -0.1) is 11.8 Å². The van der Waals surface area contributed by atoms with Gasteiger partial charge in [0.2, 0.25) is 5.91 Å². The van der Waals surface area contributed by atoms with E-state index in [4.69, 9.17) is 14.2 Å². The summed E-state index contributed by atoms with van der Waals surface area (Å²) in [6.45, 7) is 3.90. The molecule has 10 heteroatoms. The lowest BCUT2D eigenvalue weighted by Gasteiger charge is -2.26. The lowest BCUT2D eigenvalue weighted by atomic mass is 10.0. The Hall–Kier alpha value is -3.37. The SMILES string of the molecule is CCOc1ccc(N(CC(=O)NC(CC)c2ccc(OC)c(OC)c2)S(=O)(=O)c2ccc(SC)cc2)cc1. The summed E-state index contributed by atoms with van der Waals surface area (Å²) in [6, 6.07) is 18.3. The van der Waals surface area contributed by atoms with Crippen molar-refractivity contribution in [2.24, 2.45) is 0 Å². The fourth-order valence-electron chi connectivity index (χ4n) is 3.93. The number of hydrogen-bond donors (Lipinski definition) is 1. The summed E-state index contributed by atoms with van der Waals surface area (Å²) in [5, 5.41) is 2.98. The maximum absolute atomic E-state index is 13.7. The average molecular weight is 559 g/mol. The summed E-state index contributed by atoms with van der Waals surface area (Å²) >= 11 is 1.52. The number of nitrogens with one attached hydrogen (secondary N) is 1. The second-order valence-electron chi connectivity index (χ2n) is 8.26. The molecule has 0 aliphatic carbocycles. The lowest BCUT2D eigenvalue weighted by molar-refractivity contribution is -0.120. The van der Waals surface area contributed by atoms with Gasteiger partial charge in [-0.05, 0) is 85.8 Å². The molecule has 1 atom stereocenters. The van der Waals surface area contributed by atoms with Crippen LogP contribution in [0, 0.1) is 0 Å². The maximum atomic E-state index is 13.7. The first kappa shape index (κ1) is 29.2. The molecule has 3 rings (SSSR count). The topological polar surface area (TPSA) is 94.2 Å². The molecule has 0 saturated heterocycles. The van der Waals surface area contributed by atoms with Crippen LogP contribution in [0.4, 0.5) is 5.69 Å². The molecule has 204 valence electrons. The van der Waals surface area contributed by atoms with E-state index in [9.17, 15) is 13.2 Å². The molecular formula is C28H34N2O6S2. The van der Waals surface area contributed by atoms with Crippen LogP contribution in [-0.2, 0) is 14.8 Å². The molecule has 0 radical (unpaired) electrons. The monoisotopic (exact) mass is 558 g/mol. The lowest BCUT2D eigenvalue weighted by Crippen LogP contribution is -2.42. The summed E-state index contributed by atoms with van der Waals surface area (Å²) in [5.41, 5.74) is 1.18. The van der Waals surface area contributed by atoms with Crippen LogP contribution >= 0.6 is 11.8 Å². The van der Waals surface area contributed by atoms with E-state index < -0.39 is 22.5 Å². The van der Waals surface area contributed by atoms with Crippen LogP contribution in [0.25, 0.3) is 0 Å². The Morgan fingerprint density at radius 1 is 0.947 bits per heavy atom. The van der Waals surface area contributed by atoms with Gasteiger partial charge in [-0.25, -0.2) is 8.42 Å². The molecule has 0 fully saturated rings. The van der Waals surface area contributed by atoms with Crippen LogP contribution in [0.1, 0.15) is 31.9 Å². The predicted octanol–water partition coefficient (Wildman–Crippen LogP) is 5.29. The van der Waals surface area contributed by atoms with Gasteiger partial charge in [0.25, 0.3) is 10.0 Å². The minimum absolute atomic E-state index is 0.101. The molecule has 0 aromatic heterocycles. The number of sulfonamides is 1. The van der Waals surface area contributed by atoms with Gasteiger partial charge in [-0.1, -0.05) is 13.0 Å². The van der Waals surface area contributed by atoms with Gasteiger partial charge in [0.1, 0.15) is 12.3 Å². The van der Waals surface area contributed by atoms with Crippen molar-refractivity contribution in [3.05, 3.63) is 72.3 Å². The number of benzene rings is 3. The van der Waals surface area contributed by atoms with E-state index in [-0.39, 0.29) is 10.9 Å². The van der Waals surface area contributed by atoms with Crippen molar-refractivity contribution in [1.82, 2.24) is 5.32 Å². The second-order valence-corrected chi connectivity index (χ2v) is 11.0. The molecule has 1 unspecified atom stereocenters. The standard InChI is InChI=1S/C28H34N2O6S2/c1-6-25(20-8-17-26(34-3)27(18-20)35-4)29-28(31)19-30(21-9-11-22(12-10-21)36-7-2)38(32,33)24-15-13-23(37-5)14-16-24/h8-18,25H,6-7,19H2,1-5H3,(H,29,31). The smallest absolute Gasteiger partial charge is 0.264 e. The molecule has 0 aliphatic rings. The summed E-state index contributed by atoms with van der Waals surface area (Å²) < 4.78 is 44.8. The first-order valence-corrected chi connectivity index (χ1v) is 14.8. The Bertz CT molecular complexity index is 1310. The Balaban J connectivity index is 1.91. The maximum Gasteiger partial charge on any atom is 0.264 e. The minimum atomic E-state index is -4.04. The zero-order valence-corrected chi connectivity index (χ0v) is 23.9. The highest BCUT2D eigenvalue weighted by Crippen LogP contribution is 2.31. The number of anilines is 1. The molecule has 0 aliphatic heterocycles. The summed E-state index contributed by atoms with van der Waals surface area (Å²) in [4.78, 5) is 14.3. The van der Waals surface area contributed by atoms with Gasteiger partial charge in [0.15, 0.2) is 11.5 Å².